The molecule has 0 aromatic heterocycles. The average Bonchev–Trinajstić information content (AvgIpc) is 2.73. The summed E-state index contributed by atoms with van der Waals surface area (Å²) in [5, 5.41) is 0. The van der Waals surface area contributed by atoms with Gasteiger partial charge in [-0.2, -0.15) is 0 Å². The van der Waals surface area contributed by atoms with Crippen molar-refractivity contribution in [2.45, 2.75) is 96.8 Å². The number of hydrogen-bond donors (Lipinski definition) is 1. The molecule has 168 valence electrons. The number of para-hydroxylation sites is 1. The molecule has 1 rings (SSSR count). The van der Waals surface area contributed by atoms with Crippen molar-refractivity contribution in [1.29, 1.82) is 0 Å². The summed E-state index contributed by atoms with van der Waals surface area (Å²) in [4.78, 5) is 19.0. The Labute approximate surface area is 176 Å². The molecule has 0 aliphatic rings. The third kappa shape index (κ3) is 16.6. The van der Waals surface area contributed by atoms with Crippen molar-refractivity contribution in [3.63, 3.8) is 0 Å². The van der Waals surface area contributed by atoms with Gasteiger partial charge in [-0.15, -0.1) is 4.67 Å². The molecule has 0 aliphatic heterocycles. The van der Waals surface area contributed by atoms with Gasteiger partial charge < -0.3 is 4.89 Å². The van der Waals surface area contributed by atoms with Crippen LogP contribution in [-0.4, -0.2) is 11.5 Å². The van der Waals surface area contributed by atoms with Crippen LogP contribution >= 0.6 is 7.82 Å². The minimum Gasteiger partial charge on any atom is -0.327 e. The molecule has 0 amide bonds. The third-order valence-electron chi connectivity index (χ3n) is 4.70. The molecule has 1 aromatic carbocycles. The van der Waals surface area contributed by atoms with Crippen molar-refractivity contribution >= 4 is 7.82 Å². The van der Waals surface area contributed by atoms with Crippen molar-refractivity contribution in [3.05, 3.63) is 30.3 Å². The van der Waals surface area contributed by atoms with Gasteiger partial charge in [-0.25, -0.2) is 9.45 Å². The van der Waals surface area contributed by atoms with E-state index in [9.17, 15) is 9.46 Å². The van der Waals surface area contributed by atoms with E-state index in [1.807, 2.05) is 0 Å². The highest BCUT2D eigenvalue weighted by molar-refractivity contribution is 7.47. The van der Waals surface area contributed by atoms with Crippen LogP contribution in [0.4, 0.5) is 0 Å². The van der Waals surface area contributed by atoms with Gasteiger partial charge in [-0.3, -0.25) is 4.89 Å². The van der Waals surface area contributed by atoms with Crippen LogP contribution in [0.15, 0.2) is 30.3 Å². The van der Waals surface area contributed by atoms with Gasteiger partial charge in [-0.05, 0) is 18.6 Å². The molecule has 0 heterocycles. The fraction of sp³-hybridized carbons (Fsp3) is 0.727. The molecule has 0 bridgehead atoms. The molecule has 29 heavy (non-hydrogen) atoms. The molecule has 1 aromatic rings. The topological polar surface area (TPSA) is 74.2 Å². The lowest BCUT2D eigenvalue weighted by atomic mass is 10.0. The monoisotopic (exact) mass is 430 g/mol. The van der Waals surface area contributed by atoms with Crippen molar-refractivity contribution in [3.8, 4) is 5.75 Å². The van der Waals surface area contributed by atoms with Gasteiger partial charge in [0.25, 0.3) is 0 Å². The van der Waals surface area contributed by atoms with E-state index in [1.165, 1.54) is 70.6 Å². The highest BCUT2D eigenvalue weighted by atomic mass is 31.2. The molecule has 0 fully saturated rings. The SMILES string of the molecule is CCCCCCCCCCCCCCCCOOP(=O)(O)OOc1ccccc1. The van der Waals surface area contributed by atoms with Gasteiger partial charge in [0.05, 0.1) is 6.61 Å². The number of hydrogen-bond acceptors (Lipinski definition) is 5. The molecule has 0 radical (unpaired) electrons. The molecule has 7 heteroatoms. The Bertz CT molecular complexity index is 525. The Kier molecular flexibility index (Phi) is 16.1. The number of benzene rings is 1. The fourth-order valence-corrected chi connectivity index (χ4v) is 3.45. The van der Waals surface area contributed by atoms with E-state index in [0.29, 0.717) is 5.75 Å². The van der Waals surface area contributed by atoms with Gasteiger partial charge in [0, 0.05) is 0 Å². The van der Waals surface area contributed by atoms with Gasteiger partial charge in [0.2, 0.25) is 0 Å². The average molecular weight is 431 g/mol. The molecule has 6 nitrogen and oxygen atoms in total. The zero-order valence-corrected chi connectivity index (χ0v) is 18.8. The molecule has 1 N–H and O–H groups in total. The van der Waals surface area contributed by atoms with Crippen molar-refractivity contribution < 1.29 is 28.6 Å². The molecule has 0 saturated carbocycles. The zero-order valence-electron chi connectivity index (χ0n) is 17.9. The first-order valence-electron chi connectivity index (χ1n) is 11.2. The number of phosphoric acid groups is 1. The normalized spacial score (nSPS) is 13.3. The first kappa shape index (κ1) is 26.1. The van der Waals surface area contributed by atoms with Crippen LogP contribution in [-0.2, 0) is 18.8 Å². The van der Waals surface area contributed by atoms with Gasteiger partial charge >= 0.3 is 7.82 Å². The van der Waals surface area contributed by atoms with Crippen molar-refractivity contribution in [1.82, 2.24) is 0 Å². The van der Waals surface area contributed by atoms with E-state index in [4.69, 9.17) is 9.78 Å². The summed E-state index contributed by atoms with van der Waals surface area (Å²) in [6.07, 6.45) is 17.8. The Morgan fingerprint density at radius 1 is 0.724 bits per heavy atom. The first-order chi connectivity index (χ1) is 14.1. The predicted molar refractivity (Wildman–Crippen MR) is 115 cm³/mol. The van der Waals surface area contributed by atoms with Crippen LogP contribution < -0.4 is 4.89 Å². The van der Waals surface area contributed by atoms with Gasteiger partial charge in [0.1, 0.15) is 0 Å². The van der Waals surface area contributed by atoms with Crippen LogP contribution in [0.2, 0.25) is 0 Å². The standard InChI is InChI=1S/C22H39O6P/c1-2-3-4-5-6-7-8-9-10-11-12-13-14-18-21-25-27-29(23,24)28-26-22-19-16-15-17-20-22/h15-17,19-20H,2-14,18,21H2,1H3,(H,23,24). The second-order valence-corrected chi connectivity index (χ2v) is 8.67. The van der Waals surface area contributed by atoms with E-state index in [-0.39, 0.29) is 6.61 Å². The lowest BCUT2D eigenvalue weighted by Crippen LogP contribution is -2.01. The summed E-state index contributed by atoms with van der Waals surface area (Å²) in [6, 6.07) is 8.41. The Morgan fingerprint density at radius 2 is 1.21 bits per heavy atom. The lowest BCUT2D eigenvalue weighted by Gasteiger charge is -2.10. The maximum atomic E-state index is 11.6. The highest BCUT2D eigenvalue weighted by Crippen LogP contribution is 2.43. The minimum absolute atomic E-state index is 0.247. The van der Waals surface area contributed by atoms with Crippen LogP contribution in [0, 0.1) is 0 Å². The second-order valence-electron chi connectivity index (χ2n) is 7.43. The summed E-state index contributed by atoms with van der Waals surface area (Å²) in [6.45, 7) is 2.50. The van der Waals surface area contributed by atoms with Crippen molar-refractivity contribution in [2.24, 2.45) is 0 Å². The van der Waals surface area contributed by atoms with Crippen LogP contribution in [0.5, 0.6) is 5.75 Å². The highest BCUT2D eigenvalue weighted by Gasteiger charge is 2.25. The molecule has 0 aliphatic carbocycles. The summed E-state index contributed by atoms with van der Waals surface area (Å²) in [5.41, 5.74) is 0. The van der Waals surface area contributed by atoms with E-state index in [2.05, 4.69) is 16.3 Å². The zero-order chi connectivity index (χ0) is 21.0. The number of unbranched alkanes of at least 4 members (excludes halogenated alkanes) is 13. The smallest absolute Gasteiger partial charge is 0.327 e. The summed E-state index contributed by atoms with van der Waals surface area (Å²) in [7, 11) is -4.39. The quantitative estimate of drug-likeness (QED) is 0.0997. The molecule has 0 saturated heterocycles. The van der Waals surface area contributed by atoms with Crippen LogP contribution in [0.1, 0.15) is 96.8 Å². The van der Waals surface area contributed by atoms with E-state index in [1.54, 1.807) is 30.3 Å². The van der Waals surface area contributed by atoms with Crippen LogP contribution in [0.25, 0.3) is 0 Å². The Morgan fingerprint density at radius 3 is 1.72 bits per heavy atom. The Hall–Kier alpha value is -0.910. The summed E-state index contributed by atoms with van der Waals surface area (Å²) in [5.74, 6) is 0.303. The minimum atomic E-state index is -4.39. The first-order valence-corrected chi connectivity index (χ1v) is 12.7. The molecule has 1 atom stereocenters. The molecule has 1 unspecified atom stereocenters. The largest absolute Gasteiger partial charge is 0.535 e. The van der Waals surface area contributed by atoms with E-state index in [0.717, 1.165) is 19.3 Å². The third-order valence-corrected chi connectivity index (χ3v) is 5.26. The predicted octanol–water partition coefficient (Wildman–Crippen LogP) is 7.53. The van der Waals surface area contributed by atoms with Gasteiger partial charge in [0.15, 0.2) is 5.75 Å². The van der Waals surface area contributed by atoms with E-state index >= 15 is 0 Å². The maximum Gasteiger partial charge on any atom is 0.535 e. The fourth-order valence-electron chi connectivity index (χ4n) is 3.04. The summed E-state index contributed by atoms with van der Waals surface area (Å²) >= 11 is 0. The molecule has 0 spiro atoms. The maximum absolute atomic E-state index is 11.6. The van der Waals surface area contributed by atoms with E-state index < -0.39 is 7.82 Å². The summed E-state index contributed by atoms with van der Waals surface area (Å²) < 4.78 is 20.4. The van der Waals surface area contributed by atoms with Gasteiger partial charge in [-0.1, -0.05) is 113 Å². The Balaban J connectivity index is 1.83. The van der Waals surface area contributed by atoms with Crippen molar-refractivity contribution in [2.75, 3.05) is 6.61 Å². The lowest BCUT2D eigenvalue weighted by molar-refractivity contribution is -0.249. The number of rotatable bonds is 20. The molecular weight excluding hydrogens is 391 g/mol. The second kappa shape index (κ2) is 17.9. The molecular formula is C22H39O6P. The van der Waals surface area contributed by atoms with Crippen LogP contribution in [0.3, 0.4) is 0 Å².